The molecule has 0 bridgehead atoms. The number of fused-ring (bicyclic) bond motifs is 1. The van der Waals surface area contributed by atoms with Crippen molar-refractivity contribution in [1.29, 1.82) is 0 Å². The van der Waals surface area contributed by atoms with Gasteiger partial charge in [0.25, 0.3) is 11.5 Å². The summed E-state index contributed by atoms with van der Waals surface area (Å²) < 4.78 is 72.6. The van der Waals surface area contributed by atoms with Crippen LogP contribution in [0.15, 0.2) is 29.2 Å². The van der Waals surface area contributed by atoms with Crippen molar-refractivity contribution in [1.82, 2.24) is 24.4 Å². The summed E-state index contributed by atoms with van der Waals surface area (Å²) in [6.45, 7) is 3.66. The van der Waals surface area contributed by atoms with Gasteiger partial charge in [-0.3, -0.25) is 14.1 Å². The van der Waals surface area contributed by atoms with E-state index in [1.54, 1.807) is 0 Å². The summed E-state index contributed by atoms with van der Waals surface area (Å²) in [6.07, 6.45) is 6.20. The molecule has 2 N–H and O–H groups in total. The summed E-state index contributed by atoms with van der Waals surface area (Å²) in [5, 5.41) is 3.40. The van der Waals surface area contributed by atoms with Crippen molar-refractivity contribution in [2.45, 2.75) is 89.3 Å². The molecule has 14 heteroatoms. The number of rotatable bonds is 9. The molecule has 0 saturated heterocycles. The largest absolute Gasteiger partial charge is 0.351 e. The SMILES string of the molecule is CC(C)n1c(=O)c(-c2ccc(NS(=O)(=O)CC3CCCCC3(F)F)c(F)c2)nc2cnc(N[C@H]3CC[C@H](N(C)C)CC3)nc21. The van der Waals surface area contributed by atoms with Gasteiger partial charge in [0.1, 0.15) is 17.0 Å². The Bertz CT molecular complexity index is 1670. The van der Waals surface area contributed by atoms with Crippen LogP contribution in [0.1, 0.15) is 71.3 Å². The number of aromatic nitrogens is 4. The zero-order valence-corrected chi connectivity index (χ0v) is 26.3. The summed E-state index contributed by atoms with van der Waals surface area (Å²) in [5.74, 6) is -5.77. The highest BCUT2D eigenvalue weighted by molar-refractivity contribution is 7.92. The van der Waals surface area contributed by atoms with Gasteiger partial charge in [0.05, 0.1) is 17.6 Å². The maximum atomic E-state index is 15.2. The normalized spacial score (nSPS) is 22.4. The highest BCUT2D eigenvalue weighted by Crippen LogP contribution is 2.39. The first kappa shape index (κ1) is 32.1. The number of benzene rings is 1. The summed E-state index contributed by atoms with van der Waals surface area (Å²) in [6, 6.07) is 4.01. The Morgan fingerprint density at radius 2 is 1.82 bits per heavy atom. The van der Waals surface area contributed by atoms with E-state index in [0.717, 1.165) is 31.7 Å². The summed E-state index contributed by atoms with van der Waals surface area (Å²) >= 11 is 0. The van der Waals surface area contributed by atoms with Crippen LogP contribution in [0.2, 0.25) is 0 Å². The third kappa shape index (κ3) is 7.01. The van der Waals surface area contributed by atoms with Crippen molar-refractivity contribution in [3.05, 3.63) is 40.6 Å². The summed E-state index contributed by atoms with van der Waals surface area (Å²) in [7, 11) is -0.0796. The molecule has 1 unspecified atom stereocenters. The molecular formula is C30H40F3N7O3S. The third-order valence-electron chi connectivity index (χ3n) is 8.75. The monoisotopic (exact) mass is 635 g/mol. The Hall–Kier alpha value is -3.26. The van der Waals surface area contributed by atoms with Gasteiger partial charge in [-0.25, -0.2) is 31.6 Å². The Balaban J connectivity index is 1.39. The number of alkyl halides is 2. The molecule has 0 amide bonds. The molecule has 2 saturated carbocycles. The fraction of sp³-hybridized carbons (Fsp3) is 0.600. The van der Waals surface area contributed by atoms with Crippen molar-refractivity contribution in [2.24, 2.45) is 5.92 Å². The number of halogens is 3. The lowest BCUT2D eigenvalue weighted by atomic mass is 9.87. The second-order valence-electron chi connectivity index (χ2n) is 12.5. The molecule has 2 aromatic heterocycles. The molecule has 0 radical (unpaired) electrons. The van der Waals surface area contributed by atoms with Crippen LogP contribution < -0.4 is 15.6 Å². The van der Waals surface area contributed by atoms with Crippen LogP contribution in [0.25, 0.3) is 22.4 Å². The second kappa shape index (κ2) is 12.6. The minimum absolute atomic E-state index is 0.0485. The van der Waals surface area contributed by atoms with Crippen LogP contribution in [0.5, 0.6) is 0 Å². The first-order chi connectivity index (χ1) is 20.7. The number of hydrogen-bond donors (Lipinski definition) is 2. The molecule has 1 aromatic carbocycles. The minimum Gasteiger partial charge on any atom is -0.351 e. The maximum absolute atomic E-state index is 15.2. The Morgan fingerprint density at radius 1 is 1.09 bits per heavy atom. The average molecular weight is 636 g/mol. The van der Waals surface area contributed by atoms with Crippen LogP contribution in [-0.4, -0.2) is 70.7 Å². The Kier molecular flexibility index (Phi) is 9.22. The number of hydrogen-bond acceptors (Lipinski definition) is 8. The molecule has 2 fully saturated rings. The fourth-order valence-electron chi connectivity index (χ4n) is 6.25. The molecule has 240 valence electrons. The molecule has 2 aliphatic carbocycles. The zero-order chi connectivity index (χ0) is 31.8. The molecule has 10 nitrogen and oxygen atoms in total. The van der Waals surface area contributed by atoms with Crippen LogP contribution in [-0.2, 0) is 10.0 Å². The number of nitrogens with one attached hydrogen (secondary N) is 2. The fourth-order valence-corrected chi connectivity index (χ4v) is 7.77. The molecule has 1 atom stereocenters. The first-order valence-corrected chi connectivity index (χ1v) is 16.8. The predicted molar refractivity (Wildman–Crippen MR) is 165 cm³/mol. The number of sulfonamides is 1. The van der Waals surface area contributed by atoms with E-state index in [-0.39, 0.29) is 36.2 Å². The third-order valence-corrected chi connectivity index (χ3v) is 10.1. The average Bonchev–Trinajstić information content (AvgIpc) is 2.95. The van der Waals surface area contributed by atoms with Gasteiger partial charge in [0.2, 0.25) is 16.0 Å². The lowest BCUT2D eigenvalue weighted by molar-refractivity contribution is -0.0770. The van der Waals surface area contributed by atoms with E-state index in [4.69, 9.17) is 0 Å². The van der Waals surface area contributed by atoms with Gasteiger partial charge in [-0.2, -0.15) is 4.98 Å². The van der Waals surface area contributed by atoms with E-state index >= 15 is 4.39 Å². The first-order valence-electron chi connectivity index (χ1n) is 15.1. The minimum atomic E-state index is -4.26. The lowest BCUT2D eigenvalue weighted by Gasteiger charge is -2.32. The van der Waals surface area contributed by atoms with Gasteiger partial charge < -0.3 is 10.2 Å². The zero-order valence-electron chi connectivity index (χ0n) is 25.5. The van der Waals surface area contributed by atoms with Crippen LogP contribution in [0, 0.1) is 11.7 Å². The molecule has 3 aromatic rings. The number of nitrogens with zero attached hydrogens (tertiary/aromatic N) is 5. The van der Waals surface area contributed by atoms with Crippen molar-refractivity contribution >= 4 is 32.8 Å². The predicted octanol–water partition coefficient (Wildman–Crippen LogP) is 5.43. The van der Waals surface area contributed by atoms with Crippen molar-refractivity contribution in [3.63, 3.8) is 0 Å². The van der Waals surface area contributed by atoms with E-state index in [9.17, 15) is 22.0 Å². The smallest absolute Gasteiger partial charge is 0.278 e. The van der Waals surface area contributed by atoms with Crippen LogP contribution in [0.3, 0.4) is 0 Å². The summed E-state index contributed by atoms with van der Waals surface area (Å²) in [4.78, 5) is 29.4. The quantitative estimate of drug-likeness (QED) is 0.320. The highest BCUT2D eigenvalue weighted by atomic mass is 32.2. The van der Waals surface area contributed by atoms with Gasteiger partial charge in [-0.05, 0) is 78.6 Å². The molecule has 44 heavy (non-hydrogen) atoms. The van der Waals surface area contributed by atoms with Gasteiger partial charge >= 0.3 is 0 Å². The van der Waals surface area contributed by atoms with Gasteiger partial charge in [0, 0.05) is 36.0 Å². The standard InChI is InChI=1S/C30H40F3N7O3S/c1-18(2)40-27-25(16-34-29(37-27)35-21-9-11-22(12-10-21)39(3)4)36-26(28(40)41)19-8-13-24(23(31)15-19)38-44(42,43)17-20-7-5-6-14-30(20,32)33/h8,13,15-16,18,20-22,38H,5-7,9-12,14,17H2,1-4H3,(H,34,35,37)/t20?,21-,22-. The van der Waals surface area contributed by atoms with E-state index in [1.165, 1.54) is 22.9 Å². The van der Waals surface area contributed by atoms with Crippen molar-refractivity contribution in [3.8, 4) is 11.3 Å². The van der Waals surface area contributed by atoms with Gasteiger partial charge in [-0.1, -0.05) is 12.5 Å². The van der Waals surface area contributed by atoms with E-state index in [0.29, 0.717) is 36.0 Å². The highest BCUT2D eigenvalue weighted by Gasteiger charge is 2.43. The van der Waals surface area contributed by atoms with Crippen molar-refractivity contribution in [2.75, 3.05) is 29.9 Å². The van der Waals surface area contributed by atoms with E-state index in [1.807, 2.05) is 13.8 Å². The van der Waals surface area contributed by atoms with Crippen LogP contribution in [0.4, 0.5) is 24.8 Å². The second-order valence-corrected chi connectivity index (χ2v) is 14.3. The number of anilines is 2. The molecular weight excluding hydrogens is 595 g/mol. The van der Waals surface area contributed by atoms with Crippen LogP contribution >= 0.6 is 0 Å². The Labute approximate surface area is 255 Å². The molecule has 5 rings (SSSR count). The molecule has 2 heterocycles. The topological polar surface area (TPSA) is 122 Å². The van der Waals surface area contributed by atoms with E-state index < -0.39 is 44.7 Å². The Morgan fingerprint density at radius 3 is 2.45 bits per heavy atom. The van der Waals surface area contributed by atoms with E-state index in [2.05, 4.69) is 44.0 Å². The summed E-state index contributed by atoms with van der Waals surface area (Å²) in [5.41, 5.74) is -0.114. The van der Waals surface area contributed by atoms with Gasteiger partial charge in [-0.15, -0.1) is 0 Å². The molecule has 2 aliphatic rings. The van der Waals surface area contributed by atoms with Crippen molar-refractivity contribution < 1.29 is 21.6 Å². The van der Waals surface area contributed by atoms with Gasteiger partial charge in [0.15, 0.2) is 5.65 Å². The molecule has 0 spiro atoms. The maximum Gasteiger partial charge on any atom is 0.278 e. The lowest BCUT2D eigenvalue weighted by Crippen LogP contribution is -2.38. The molecule has 0 aliphatic heterocycles.